The first-order valence-electron chi connectivity index (χ1n) is 7.71. The lowest BCUT2D eigenvalue weighted by molar-refractivity contribution is 0.0960. The van der Waals surface area contributed by atoms with Crippen molar-refractivity contribution in [1.29, 1.82) is 0 Å². The van der Waals surface area contributed by atoms with Crippen LogP contribution in [0.2, 0.25) is 0 Å². The highest BCUT2D eigenvalue weighted by molar-refractivity contribution is 9.10. The van der Waals surface area contributed by atoms with Crippen molar-refractivity contribution in [3.05, 3.63) is 34.3 Å². The summed E-state index contributed by atoms with van der Waals surface area (Å²) in [5.41, 5.74) is 0.796. The second-order valence-electron chi connectivity index (χ2n) is 6.16. The van der Waals surface area contributed by atoms with Gasteiger partial charge in [-0.1, -0.05) is 34.1 Å². The maximum Gasteiger partial charge on any atom is 0.165 e. The van der Waals surface area contributed by atoms with Crippen molar-refractivity contribution in [2.75, 3.05) is 40.3 Å². The highest BCUT2D eigenvalue weighted by Crippen LogP contribution is 2.19. The zero-order valence-corrected chi connectivity index (χ0v) is 14.6. The molecule has 4 heteroatoms. The number of benzene rings is 1. The predicted molar refractivity (Wildman–Crippen MR) is 90.8 cm³/mol. The second-order valence-corrected chi connectivity index (χ2v) is 7.02. The van der Waals surface area contributed by atoms with E-state index in [0.29, 0.717) is 6.42 Å². The van der Waals surface area contributed by atoms with E-state index >= 15 is 0 Å². The number of likely N-dealkylation sites (tertiary alicyclic amines) is 1. The molecule has 116 valence electrons. The Hall–Kier alpha value is -0.710. The Labute approximate surface area is 136 Å². The van der Waals surface area contributed by atoms with Crippen LogP contribution in [0.5, 0.6) is 0 Å². The van der Waals surface area contributed by atoms with Crippen LogP contribution in [0.15, 0.2) is 28.7 Å². The molecule has 1 aromatic carbocycles. The number of hydrogen-bond donors (Lipinski definition) is 0. The fourth-order valence-corrected chi connectivity index (χ4v) is 3.40. The molecule has 0 aromatic heterocycles. The molecule has 1 aromatic rings. The molecule has 1 heterocycles. The van der Waals surface area contributed by atoms with E-state index in [-0.39, 0.29) is 5.78 Å². The van der Waals surface area contributed by atoms with Crippen molar-refractivity contribution in [3.8, 4) is 0 Å². The number of carbonyl (C=O) groups is 1. The molecule has 0 radical (unpaired) electrons. The molecular weight excluding hydrogens is 328 g/mol. The van der Waals surface area contributed by atoms with Gasteiger partial charge in [-0.2, -0.15) is 0 Å². The lowest BCUT2D eigenvalue weighted by Gasteiger charge is -2.31. The lowest BCUT2D eigenvalue weighted by Crippen LogP contribution is -2.36. The standard InChI is InChI=1S/C17H25BrN2O/c1-19-10-7-14(8-11-19)13-20(2)12-9-17(21)15-5-3-4-6-16(15)18/h3-6,14H,7-13H2,1-2H3. The summed E-state index contributed by atoms with van der Waals surface area (Å²) in [5.74, 6) is 1.00. The molecule has 3 nitrogen and oxygen atoms in total. The van der Waals surface area contributed by atoms with Crippen molar-refractivity contribution in [2.45, 2.75) is 19.3 Å². The smallest absolute Gasteiger partial charge is 0.165 e. The summed E-state index contributed by atoms with van der Waals surface area (Å²) in [7, 11) is 4.32. The average molecular weight is 353 g/mol. The molecule has 0 saturated carbocycles. The molecule has 0 bridgehead atoms. The van der Waals surface area contributed by atoms with Gasteiger partial charge >= 0.3 is 0 Å². The summed E-state index contributed by atoms with van der Waals surface area (Å²) in [6.45, 7) is 4.35. The Kier molecular flexibility index (Phi) is 6.40. The average Bonchev–Trinajstić information content (AvgIpc) is 2.48. The number of nitrogens with zero attached hydrogens (tertiary/aromatic N) is 2. The van der Waals surface area contributed by atoms with Gasteiger partial charge in [0, 0.05) is 29.5 Å². The van der Waals surface area contributed by atoms with Gasteiger partial charge in [-0.15, -0.1) is 0 Å². The van der Waals surface area contributed by atoms with Crippen molar-refractivity contribution in [2.24, 2.45) is 5.92 Å². The third kappa shape index (κ3) is 5.20. The van der Waals surface area contributed by atoms with Crippen LogP contribution in [0, 0.1) is 5.92 Å². The number of halogens is 1. The first-order valence-corrected chi connectivity index (χ1v) is 8.50. The maximum absolute atomic E-state index is 12.2. The van der Waals surface area contributed by atoms with E-state index in [2.05, 4.69) is 39.8 Å². The molecule has 1 saturated heterocycles. The molecule has 2 rings (SSSR count). The normalized spacial score (nSPS) is 17.3. The van der Waals surface area contributed by atoms with Gasteiger partial charge in [-0.3, -0.25) is 4.79 Å². The number of ketones is 1. The van der Waals surface area contributed by atoms with E-state index in [1.807, 2.05) is 24.3 Å². The van der Waals surface area contributed by atoms with E-state index in [4.69, 9.17) is 0 Å². The van der Waals surface area contributed by atoms with Gasteiger partial charge < -0.3 is 9.80 Å². The molecule has 1 aliphatic rings. The summed E-state index contributed by atoms with van der Waals surface area (Å²) in [5, 5.41) is 0. The Morgan fingerprint density at radius 2 is 2.00 bits per heavy atom. The third-order valence-corrected chi connectivity index (χ3v) is 4.99. The van der Waals surface area contributed by atoms with Gasteiger partial charge in [-0.25, -0.2) is 0 Å². The van der Waals surface area contributed by atoms with Crippen LogP contribution in [-0.4, -0.2) is 55.9 Å². The van der Waals surface area contributed by atoms with E-state index in [1.54, 1.807) is 0 Å². The maximum atomic E-state index is 12.2. The fraction of sp³-hybridized carbons (Fsp3) is 0.588. The number of hydrogen-bond acceptors (Lipinski definition) is 3. The van der Waals surface area contributed by atoms with Crippen molar-refractivity contribution in [1.82, 2.24) is 9.80 Å². The van der Waals surface area contributed by atoms with Crippen molar-refractivity contribution < 1.29 is 4.79 Å². The molecule has 0 atom stereocenters. The summed E-state index contributed by atoms with van der Waals surface area (Å²) in [6, 6.07) is 7.67. The molecule has 0 N–H and O–H groups in total. The second kappa shape index (κ2) is 8.06. The molecule has 0 unspecified atom stereocenters. The predicted octanol–water partition coefficient (Wildman–Crippen LogP) is 3.30. The van der Waals surface area contributed by atoms with Gasteiger partial charge in [0.1, 0.15) is 0 Å². The van der Waals surface area contributed by atoms with Crippen LogP contribution < -0.4 is 0 Å². The van der Waals surface area contributed by atoms with Crippen molar-refractivity contribution >= 4 is 21.7 Å². The zero-order valence-electron chi connectivity index (χ0n) is 13.0. The minimum absolute atomic E-state index is 0.220. The minimum atomic E-state index is 0.220. The van der Waals surface area contributed by atoms with E-state index in [1.165, 1.54) is 25.9 Å². The van der Waals surface area contributed by atoms with Gasteiger partial charge in [0.2, 0.25) is 0 Å². The van der Waals surface area contributed by atoms with Crippen LogP contribution in [0.4, 0.5) is 0 Å². The summed E-state index contributed by atoms with van der Waals surface area (Å²) in [6.07, 6.45) is 3.14. The third-order valence-electron chi connectivity index (χ3n) is 4.30. The van der Waals surface area contributed by atoms with Crippen LogP contribution in [-0.2, 0) is 0 Å². The summed E-state index contributed by atoms with van der Waals surface area (Å²) in [4.78, 5) is 16.9. The molecular formula is C17H25BrN2O. The molecule has 1 aliphatic heterocycles. The van der Waals surface area contributed by atoms with E-state index in [9.17, 15) is 4.79 Å². The Morgan fingerprint density at radius 3 is 2.67 bits per heavy atom. The van der Waals surface area contributed by atoms with Gasteiger partial charge in [0.05, 0.1) is 0 Å². The summed E-state index contributed by atoms with van der Waals surface area (Å²) >= 11 is 3.45. The van der Waals surface area contributed by atoms with E-state index in [0.717, 1.165) is 29.0 Å². The topological polar surface area (TPSA) is 23.6 Å². The van der Waals surface area contributed by atoms with E-state index < -0.39 is 0 Å². The highest BCUT2D eigenvalue weighted by Gasteiger charge is 2.18. The van der Waals surface area contributed by atoms with Gasteiger partial charge in [0.25, 0.3) is 0 Å². The van der Waals surface area contributed by atoms with Crippen molar-refractivity contribution in [3.63, 3.8) is 0 Å². The monoisotopic (exact) mass is 352 g/mol. The summed E-state index contributed by atoms with van der Waals surface area (Å²) < 4.78 is 0.896. The molecule has 0 amide bonds. The largest absolute Gasteiger partial charge is 0.306 e. The number of Topliss-reactive ketones (excluding diaryl/α,β-unsaturated/α-hetero) is 1. The molecule has 21 heavy (non-hydrogen) atoms. The van der Waals surface area contributed by atoms with Crippen LogP contribution in [0.1, 0.15) is 29.6 Å². The molecule has 0 spiro atoms. The Morgan fingerprint density at radius 1 is 1.33 bits per heavy atom. The quantitative estimate of drug-likeness (QED) is 0.734. The molecule has 0 aliphatic carbocycles. The van der Waals surface area contributed by atoms with Crippen LogP contribution in [0.3, 0.4) is 0 Å². The van der Waals surface area contributed by atoms with Crippen LogP contribution >= 0.6 is 15.9 Å². The SMILES string of the molecule is CN1CCC(CN(C)CCC(=O)c2ccccc2Br)CC1. The number of carbonyl (C=O) groups excluding carboxylic acids is 1. The zero-order chi connectivity index (χ0) is 15.2. The fourth-order valence-electron chi connectivity index (χ4n) is 2.89. The highest BCUT2D eigenvalue weighted by atomic mass is 79.9. The van der Waals surface area contributed by atoms with Crippen LogP contribution in [0.25, 0.3) is 0 Å². The van der Waals surface area contributed by atoms with Gasteiger partial charge in [-0.05, 0) is 52.0 Å². The lowest BCUT2D eigenvalue weighted by atomic mass is 9.96. The number of piperidine rings is 1. The first kappa shape index (κ1) is 16.7. The van der Waals surface area contributed by atoms with Gasteiger partial charge in [0.15, 0.2) is 5.78 Å². The number of rotatable bonds is 6. The first-order chi connectivity index (χ1) is 10.1. The Bertz CT molecular complexity index is 470. The molecule has 1 fully saturated rings. The Balaban J connectivity index is 1.75. The minimum Gasteiger partial charge on any atom is -0.306 e.